The fourth-order valence-corrected chi connectivity index (χ4v) is 6.30. The fourth-order valence-electron chi connectivity index (χ4n) is 5.20. The van der Waals surface area contributed by atoms with Crippen LogP contribution in [0.5, 0.6) is 0 Å². The van der Waals surface area contributed by atoms with Crippen LogP contribution in [0.4, 0.5) is 0 Å². The van der Waals surface area contributed by atoms with Crippen molar-refractivity contribution in [2.45, 2.75) is 70.9 Å². The third-order valence-corrected chi connectivity index (χ3v) is 8.33. The second kappa shape index (κ2) is 12.0. The number of hydrogen-bond acceptors (Lipinski definition) is 6. The average molecular weight is 563 g/mol. The lowest BCUT2D eigenvalue weighted by Crippen LogP contribution is -2.64. The van der Waals surface area contributed by atoms with Gasteiger partial charge in [-0.25, -0.2) is 10.0 Å². The number of nitrogens with zero attached hydrogens (tertiary/aromatic N) is 4. The van der Waals surface area contributed by atoms with E-state index >= 15 is 0 Å². The van der Waals surface area contributed by atoms with Gasteiger partial charge in [-0.1, -0.05) is 74.5 Å². The zero-order chi connectivity index (χ0) is 29.2. The van der Waals surface area contributed by atoms with Crippen molar-refractivity contribution in [3.05, 3.63) is 78.0 Å². The van der Waals surface area contributed by atoms with Crippen molar-refractivity contribution in [2.75, 3.05) is 6.54 Å². The van der Waals surface area contributed by atoms with Gasteiger partial charge >= 0.3 is 0 Å². The molecular weight excluding hydrogens is 524 g/mol. The van der Waals surface area contributed by atoms with Gasteiger partial charge in [0.1, 0.15) is 12.1 Å². The number of carbonyl (C=O) groups is 3. The summed E-state index contributed by atoms with van der Waals surface area (Å²) in [6, 6.07) is 17.1. The second-order valence-electron chi connectivity index (χ2n) is 11.2. The van der Waals surface area contributed by atoms with Gasteiger partial charge in [-0.15, -0.1) is 11.8 Å². The van der Waals surface area contributed by atoms with Gasteiger partial charge in [-0.05, 0) is 31.7 Å². The Morgan fingerprint density at radius 2 is 1.68 bits per heavy atom. The zero-order valence-electron chi connectivity index (χ0n) is 23.9. The van der Waals surface area contributed by atoms with E-state index in [2.05, 4.69) is 18.8 Å². The van der Waals surface area contributed by atoms with Crippen LogP contribution in [0.25, 0.3) is 5.70 Å². The SMILES string of the molecule is CC(=O)N1C=C(c2ccccc2)N(N(C(C)=O)[C@@H](Cc2ccccc2)C(O)C2=NCC(C)(C)S2)C(=O)C1C(C)C. The highest BCUT2D eigenvalue weighted by Crippen LogP contribution is 2.37. The van der Waals surface area contributed by atoms with Crippen molar-refractivity contribution in [3.8, 4) is 0 Å². The summed E-state index contributed by atoms with van der Waals surface area (Å²) in [6.07, 6.45) is 0.802. The molecule has 1 N–H and O–H groups in total. The van der Waals surface area contributed by atoms with Crippen molar-refractivity contribution < 1.29 is 19.5 Å². The van der Waals surface area contributed by atoms with Crippen LogP contribution in [0.15, 0.2) is 71.9 Å². The molecule has 40 heavy (non-hydrogen) atoms. The highest BCUT2D eigenvalue weighted by atomic mass is 32.2. The highest BCUT2D eigenvalue weighted by molar-refractivity contribution is 8.15. The molecule has 2 heterocycles. The Hall–Kier alpha value is -3.43. The maximum Gasteiger partial charge on any atom is 0.269 e. The van der Waals surface area contributed by atoms with Crippen molar-refractivity contribution in [1.82, 2.24) is 14.9 Å². The summed E-state index contributed by atoms with van der Waals surface area (Å²) in [4.78, 5) is 46.8. The van der Waals surface area contributed by atoms with E-state index in [4.69, 9.17) is 0 Å². The van der Waals surface area contributed by atoms with Crippen molar-refractivity contribution in [2.24, 2.45) is 10.9 Å². The van der Waals surface area contributed by atoms with E-state index < -0.39 is 30.0 Å². The molecule has 0 fully saturated rings. The summed E-state index contributed by atoms with van der Waals surface area (Å²) in [5, 5.41) is 15.1. The topological polar surface area (TPSA) is 93.5 Å². The second-order valence-corrected chi connectivity index (χ2v) is 13.0. The molecule has 3 atom stereocenters. The maximum atomic E-state index is 14.4. The van der Waals surface area contributed by atoms with E-state index in [1.165, 1.54) is 40.5 Å². The van der Waals surface area contributed by atoms with Crippen LogP contribution in [-0.4, -0.2) is 72.3 Å². The average Bonchev–Trinajstić information content (AvgIpc) is 3.28. The number of thioether (sulfide) groups is 1. The number of hydrazine groups is 1. The molecule has 0 radical (unpaired) electrons. The van der Waals surface area contributed by atoms with Crippen LogP contribution in [-0.2, 0) is 20.8 Å². The molecule has 2 unspecified atom stereocenters. The summed E-state index contributed by atoms with van der Waals surface area (Å²) in [7, 11) is 0. The van der Waals surface area contributed by atoms with Gasteiger partial charge in [0, 0.05) is 30.4 Å². The molecule has 3 amide bonds. The summed E-state index contributed by atoms with van der Waals surface area (Å²) in [6.45, 7) is 11.2. The summed E-state index contributed by atoms with van der Waals surface area (Å²) in [5.41, 5.74) is 1.96. The molecule has 0 saturated carbocycles. The molecule has 0 saturated heterocycles. The fraction of sp³-hybridized carbons (Fsp3) is 0.419. The first-order valence-electron chi connectivity index (χ1n) is 13.6. The number of hydrogen-bond donors (Lipinski definition) is 1. The smallest absolute Gasteiger partial charge is 0.269 e. The Labute approximate surface area is 240 Å². The third kappa shape index (κ3) is 6.15. The quantitative estimate of drug-likeness (QED) is 0.516. The minimum atomic E-state index is -1.14. The lowest BCUT2D eigenvalue weighted by molar-refractivity contribution is -0.169. The van der Waals surface area contributed by atoms with E-state index in [-0.39, 0.29) is 23.0 Å². The molecule has 0 bridgehead atoms. The molecule has 2 aliphatic heterocycles. The van der Waals surface area contributed by atoms with Crippen LogP contribution >= 0.6 is 11.8 Å². The number of aliphatic hydroxyl groups excluding tert-OH is 1. The first-order valence-corrected chi connectivity index (χ1v) is 14.4. The van der Waals surface area contributed by atoms with Gasteiger partial charge in [-0.3, -0.25) is 19.4 Å². The van der Waals surface area contributed by atoms with Crippen LogP contribution < -0.4 is 0 Å². The maximum absolute atomic E-state index is 14.4. The summed E-state index contributed by atoms with van der Waals surface area (Å²) in [5.74, 6) is -1.31. The Morgan fingerprint density at radius 1 is 1.07 bits per heavy atom. The van der Waals surface area contributed by atoms with E-state index in [1.807, 2.05) is 74.5 Å². The van der Waals surface area contributed by atoms with Crippen molar-refractivity contribution >= 4 is 40.2 Å². The summed E-state index contributed by atoms with van der Waals surface area (Å²) >= 11 is 1.49. The Morgan fingerprint density at radius 3 is 2.17 bits per heavy atom. The molecule has 4 rings (SSSR count). The molecule has 2 aromatic carbocycles. The predicted octanol–water partition coefficient (Wildman–Crippen LogP) is 4.36. The lowest BCUT2D eigenvalue weighted by Gasteiger charge is -2.48. The Bertz CT molecular complexity index is 1310. The van der Waals surface area contributed by atoms with Crippen LogP contribution in [0.2, 0.25) is 0 Å². The number of rotatable bonds is 8. The molecule has 0 spiro atoms. The first kappa shape index (κ1) is 29.6. The number of amides is 3. The van der Waals surface area contributed by atoms with E-state index in [0.29, 0.717) is 22.8 Å². The standard InChI is InChI=1S/C31H38N4O4S/c1-20(2)27-30(39)35(26(18-33(27)21(3)36)24-15-11-8-12-16-24)34(22(4)37)25(17-23-13-9-7-10-14-23)28(38)29-32-19-31(5,6)40-29/h7-16,18,20,25,27-28,38H,17,19H2,1-6H3/t25-,27?,28?/m0/s1. The molecular formula is C31H38N4O4S. The monoisotopic (exact) mass is 562 g/mol. The summed E-state index contributed by atoms with van der Waals surface area (Å²) < 4.78 is -0.185. The van der Waals surface area contributed by atoms with E-state index in [1.54, 1.807) is 6.20 Å². The molecule has 0 aliphatic carbocycles. The number of benzene rings is 2. The molecule has 2 aliphatic rings. The van der Waals surface area contributed by atoms with Crippen LogP contribution in [0.1, 0.15) is 52.7 Å². The van der Waals surface area contributed by atoms with Gasteiger partial charge in [0.2, 0.25) is 11.8 Å². The first-order chi connectivity index (χ1) is 18.9. The molecule has 212 valence electrons. The van der Waals surface area contributed by atoms with Crippen molar-refractivity contribution in [1.29, 1.82) is 0 Å². The van der Waals surface area contributed by atoms with Gasteiger partial charge in [0.05, 0.1) is 23.3 Å². The zero-order valence-corrected chi connectivity index (χ0v) is 24.8. The van der Waals surface area contributed by atoms with Crippen LogP contribution in [0.3, 0.4) is 0 Å². The Balaban J connectivity index is 1.90. The van der Waals surface area contributed by atoms with E-state index in [9.17, 15) is 19.5 Å². The van der Waals surface area contributed by atoms with Crippen LogP contribution in [0, 0.1) is 5.92 Å². The van der Waals surface area contributed by atoms with Gasteiger partial charge in [-0.2, -0.15) is 0 Å². The molecule has 0 aromatic heterocycles. The molecule has 2 aromatic rings. The third-order valence-electron chi connectivity index (χ3n) is 7.07. The minimum absolute atomic E-state index is 0.185. The molecule has 9 heteroatoms. The van der Waals surface area contributed by atoms with Crippen molar-refractivity contribution in [3.63, 3.8) is 0 Å². The normalized spacial score (nSPS) is 20.2. The highest BCUT2D eigenvalue weighted by Gasteiger charge is 2.47. The molecule has 8 nitrogen and oxygen atoms in total. The number of aliphatic imine (C=N–C) groups is 1. The van der Waals surface area contributed by atoms with Gasteiger partial charge in [0.15, 0.2) is 0 Å². The number of carbonyl (C=O) groups excluding carboxylic acids is 3. The van der Waals surface area contributed by atoms with Gasteiger partial charge < -0.3 is 10.0 Å². The van der Waals surface area contributed by atoms with E-state index in [0.717, 1.165) is 5.56 Å². The lowest BCUT2D eigenvalue weighted by atomic mass is 9.96. The predicted molar refractivity (Wildman–Crippen MR) is 159 cm³/mol. The Kier molecular flexibility index (Phi) is 8.85. The number of aliphatic hydroxyl groups is 1. The van der Waals surface area contributed by atoms with Gasteiger partial charge in [0.25, 0.3) is 5.91 Å². The minimum Gasteiger partial charge on any atom is -0.384 e. The largest absolute Gasteiger partial charge is 0.384 e.